The number of rotatable bonds is 6. The Kier molecular flexibility index (Phi) is 10.4. The lowest BCUT2D eigenvalue weighted by atomic mass is 9.76. The Hall–Kier alpha value is -4.16. The van der Waals surface area contributed by atoms with Crippen molar-refractivity contribution in [1.82, 2.24) is 25.8 Å². The third-order valence-corrected chi connectivity index (χ3v) is 7.52. The zero-order valence-electron chi connectivity index (χ0n) is 24.4. The number of aryl methyl sites for hydroxylation is 1. The fraction of sp³-hybridized carbons (Fsp3) is 0.586. The number of carbonyl (C=O) groups excluding carboxylic acids is 4. The summed E-state index contributed by atoms with van der Waals surface area (Å²) in [6, 6.07) is 5.34. The normalized spacial score (nSPS) is 20.8. The van der Waals surface area contributed by atoms with E-state index in [1.807, 2.05) is 6.07 Å². The van der Waals surface area contributed by atoms with Crippen LogP contribution < -0.4 is 20.1 Å². The van der Waals surface area contributed by atoms with Gasteiger partial charge in [0.1, 0.15) is 5.69 Å². The highest BCUT2D eigenvalue weighted by Crippen LogP contribution is 2.43. The van der Waals surface area contributed by atoms with Gasteiger partial charge in [-0.25, -0.2) is 4.63 Å². The van der Waals surface area contributed by atoms with Gasteiger partial charge in [0.2, 0.25) is 5.91 Å². The van der Waals surface area contributed by atoms with E-state index >= 15 is 0 Å². The summed E-state index contributed by atoms with van der Waals surface area (Å²) in [7, 11) is 1.50. The monoisotopic (exact) mass is 585 g/mol. The smallest absolute Gasteiger partial charge is 0.314 e. The maximum absolute atomic E-state index is 13.5. The molecule has 1 fully saturated rings. The van der Waals surface area contributed by atoms with Crippen LogP contribution in [0.3, 0.4) is 0 Å². The van der Waals surface area contributed by atoms with Crippen LogP contribution in [0, 0.1) is 18.3 Å². The Bertz CT molecular complexity index is 1280. The van der Waals surface area contributed by atoms with E-state index in [9.17, 15) is 19.2 Å². The SMILES string of the molecule is CCOC(=O)C1(CC2CC2)CNC(=O)CCCN(C(=O)c2nonc2C)CCNC(=O)COc2cc(ccc2OC)C1. The van der Waals surface area contributed by atoms with Crippen LogP contribution in [0.2, 0.25) is 0 Å². The zero-order chi connectivity index (χ0) is 30.1. The summed E-state index contributed by atoms with van der Waals surface area (Å²) >= 11 is 0. The Balaban J connectivity index is 1.61. The van der Waals surface area contributed by atoms with Crippen molar-refractivity contribution < 1.29 is 38.0 Å². The lowest BCUT2D eigenvalue weighted by Crippen LogP contribution is -2.46. The second-order valence-corrected chi connectivity index (χ2v) is 10.8. The highest BCUT2D eigenvalue weighted by Gasteiger charge is 2.44. The first-order chi connectivity index (χ1) is 20.2. The molecule has 1 aliphatic carbocycles. The molecule has 13 heteroatoms. The van der Waals surface area contributed by atoms with Crippen molar-refractivity contribution in [3.8, 4) is 11.5 Å². The van der Waals surface area contributed by atoms with Crippen molar-refractivity contribution in [2.75, 3.05) is 46.5 Å². The molecular formula is C29H39N5O8. The summed E-state index contributed by atoms with van der Waals surface area (Å²) in [5.74, 6) is -0.240. The Labute approximate surface area is 244 Å². The van der Waals surface area contributed by atoms with E-state index in [2.05, 4.69) is 25.6 Å². The largest absolute Gasteiger partial charge is 0.493 e. The Morgan fingerprint density at radius 1 is 1.14 bits per heavy atom. The minimum absolute atomic E-state index is 0.0718. The van der Waals surface area contributed by atoms with Gasteiger partial charge in [-0.1, -0.05) is 24.1 Å². The Morgan fingerprint density at radius 3 is 2.64 bits per heavy atom. The highest BCUT2D eigenvalue weighted by atomic mass is 16.6. The van der Waals surface area contributed by atoms with Gasteiger partial charge in [-0.2, -0.15) is 0 Å². The van der Waals surface area contributed by atoms with Crippen molar-refractivity contribution in [2.45, 2.75) is 52.4 Å². The number of benzene rings is 1. The van der Waals surface area contributed by atoms with Gasteiger partial charge in [0.05, 0.1) is 19.1 Å². The predicted molar refractivity (Wildman–Crippen MR) is 149 cm³/mol. The van der Waals surface area contributed by atoms with Gasteiger partial charge in [0.25, 0.3) is 11.8 Å². The van der Waals surface area contributed by atoms with Crippen LogP contribution in [0.1, 0.15) is 60.8 Å². The van der Waals surface area contributed by atoms with Crippen molar-refractivity contribution >= 4 is 23.7 Å². The number of hydrogen-bond acceptors (Lipinski definition) is 10. The molecule has 0 radical (unpaired) electrons. The number of nitrogens with one attached hydrogen (secondary N) is 2. The zero-order valence-corrected chi connectivity index (χ0v) is 24.4. The minimum atomic E-state index is -0.985. The first-order valence-electron chi connectivity index (χ1n) is 14.3. The topological polar surface area (TPSA) is 162 Å². The summed E-state index contributed by atoms with van der Waals surface area (Å²) < 4.78 is 21.5. The molecule has 1 aromatic heterocycles. The number of nitrogens with zero attached hydrogens (tertiary/aromatic N) is 3. The van der Waals surface area contributed by atoms with Crippen molar-refractivity contribution in [3.63, 3.8) is 0 Å². The van der Waals surface area contributed by atoms with Crippen LogP contribution >= 0.6 is 0 Å². The number of methoxy groups -OCH3 is 1. The lowest BCUT2D eigenvalue weighted by molar-refractivity contribution is -0.156. The predicted octanol–water partition coefficient (Wildman–Crippen LogP) is 1.83. The number of fused-ring (bicyclic) bond motifs is 2. The van der Waals surface area contributed by atoms with Gasteiger partial charge in [-0.3, -0.25) is 19.2 Å². The molecule has 0 saturated heterocycles. The molecule has 2 aromatic rings. The van der Waals surface area contributed by atoms with E-state index < -0.39 is 11.3 Å². The van der Waals surface area contributed by atoms with Crippen LogP contribution in [0.25, 0.3) is 0 Å². The van der Waals surface area contributed by atoms with Gasteiger partial charge >= 0.3 is 5.97 Å². The molecule has 1 aromatic carbocycles. The van der Waals surface area contributed by atoms with E-state index in [1.165, 1.54) is 12.0 Å². The summed E-state index contributed by atoms with van der Waals surface area (Å²) in [5, 5.41) is 13.1. The molecule has 0 spiro atoms. The van der Waals surface area contributed by atoms with Crippen molar-refractivity contribution in [2.24, 2.45) is 11.3 Å². The highest BCUT2D eigenvalue weighted by molar-refractivity contribution is 5.93. The molecule has 2 N–H and O–H groups in total. The summed E-state index contributed by atoms with van der Waals surface area (Å²) in [5.41, 5.74) is 0.224. The lowest BCUT2D eigenvalue weighted by Gasteiger charge is -2.32. The number of ether oxygens (including phenoxy) is 3. The number of hydrogen-bond donors (Lipinski definition) is 2. The Morgan fingerprint density at radius 2 is 1.95 bits per heavy atom. The molecule has 2 bridgehead atoms. The fourth-order valence-corrected chi connectivity index (χ4v) is 5.13. The van der Waals surface area contributed by atoms with E-state index in [0.29, 0.717) is 42.4 Å². The molecule has 4 rings (SSSR count). The van der Waals surface area contributed by atoms with Crippen molar-refractivity contribution in [1.29, 1.82) is 0 Å². The first kappa shape index (κ1) is 30.8. The molecule has 42 heavy (non-hydrogen) atoms. The molecule has 1 unspecified atom stereocenters. The number of carbonyl (C=O) groups is 4. The van der Waals surface area contributed by atoms with Crippen LogP contribution in [0.4, 0.5) is 0 Å². The van der Waals surface area contributed by atoms with Gasteiger partial charge in [0.15, 0.2) is 23.8 Å². The third kappa shape index (κ3) is 7.98. The van der Waals surface area contributed by atoms with E-state index in [0.717, 1.165) is 18.4 Å². The molecule has 2 aliphatic rings. The van der Waals surface area contributed by atoms with Crippen LogP contribution in [0.5, 0.6) is 11.5 Å². The van der Waals surface area contributed by atoms with Crippen LogP contribution in [0.15, 0.2) is 22.8 Å². The van der Waals surface area contributed by atoms with Gasteiger partial charge in [-0.05, 0) is 61.9 Å². The van der Waals surface area contributed by atoms with Gasteiger partial charge in [0, 0.05) is 32.6 Å². The molecule has 2 heterocycles. The fourth-order valence-electron chi connectivity index (χ4n) is 5.13. The minimum Gasteiger partial charge on any atom is -0.493 e. The standard InChI is InChI=1S/C29H39N5O8/c1-4-40-28(38)29(15-20-7-8-20)16-21-9-10-22(39-3)23(14-21)41-17-25(36)30-11-13-34(12-5-6-24(35)31-18-29)27(37)26-19(2)32-42-33-26/h9-10,14,20H,4-8,11-13,15-18H2,1-3H3,(H,30,36)(H,31,35). The second kappa shape index (κ2) is 14.1. The van der Waals surface area contributed by atoms with Gasteiger partial charge < -0.3 is 29.7 Å². The van der Waals surface area contributed by atoms with Crippen LogP contribution in [-0.4, -0.2) is 85.4 Å². The third-order valence-electron chi connectivity index (χ3n) is 7.52. The molecule has 228 valence electrons. The molecule has 1 aliphatic heterocycles. The molecule has 1 saturated carbocycles. The molecule has 13 nitrogen and oxygen atoms in total. The maximum atomic E-state index is 13.5. The average molecular weight is 586 g/mol. The summed E-state index contributed by atoms with van der Waals surface area (Å²) in [4.78, 5) is 53.8. The average Bonchev–Trinajstić information content (AvgIpc) is 3.69. The second-order valence-electron chi connectivity index (χ2n) is 10.8. The quantitative estimate of drug-likeness (QED) is 0.478. The van der Waals surface area contributed by atoms with Crippen LogP contribution in [-0.2, 0) is 25.5 Å². The first-order valence-corrected chi connectivity index (χ1v) is 14.3. The molecule has 3 amide bonds. The number of esters is 1. The van der Waals surface area contributed by atoms with Crippen molar-refractivity contribution in [3.05, 3.63) is 35.2 Å². The summed E-state index contributed by atoms with van der Waals surface area (Å²) in [6.07, 6.45) is 3.41. The number of amides is 3. The molecule has 1 atom stereocenters. The summed E-state index contributed by atoms with van der Waals surface area (Å²) in [6.45, 7) is 3.98. The molecular weight excluding hydrogens is 546 g/mol. The van der Waals surface area contributed by atoms with Gasteiger partial charge in [-0.15, -0.1) is 0 Å². The van der Waals surface area contributed by atoms with E-state index in [-0.39, 0.29) is 69.3 Å². The maximum Gasteiger partial charge on any atom is 0.314 e. The van der Waals surface area contributed by atoms with E-state index in [1.54, 1.807) is 26.0 Å². The number of aromatic nitrogens is 2. The van der Waals surface area contributed by atoms with E-state index in [4.69, 9.17) is 14.2 Å².